The first-order chi connectivity index (χ1) is 10.9. The van der Waals surface area contributed by atoms with Gasteiger partial charge in [-0.05, 0) is 26.3 Å². The van der Waals surface area contributed by atoms with E-state index in [0.29, 0.717) is 0 Å². The number of hydrogen-bond acceptors (Lipinski definition) is 3. The van der Waals surface area contributed by atoms with Gasteiger partial charge >= 0.3 is 0 Å². The van der Waals surface area contributed by atoms with Crippen molar-refractivity contribution < 1.29 is 4.79 Å². The van der Waals surface area contributed by atoms with Crippen molar-refractivity contribution in [2.45, 2.75) is 73.1 Å². The fourth-order valence-corrected chi connectivity index (χ4v) is 2.41. The predicted molar refractivity (Wildman–Crippen MR) is 99.7 cm³/mol. The molecule has 24 heavy (non-hydrogen) atoms. The number of aromatic nitrogens is 3. The summed E-state index contributed by atoms with van der Waals surface area (Å²) < 4.78 is 0. The minimum absolute atomic E-state index is 0.0000231. The van der Waals surface area contributed by atoms with Crippen molar-refractivity contribution in [2.75, 3.05) is 0 Å². The molecule has 0 bridgehead atoms. The number of carbonyl (C=O) groups excluding carboxylic acids is 1. The van der Waals surface area contributed by atoms with Gasteiger partial charge in [0.05, 0.1) is 5.69 Å². The minimum atomic E-state index is 0.0000231. The number of ketones is 1. The Bertz CT molecular complexity index is 686. The average Bonchev–Trinajstić information content (AvgIpc) is 2.76. The molecule has 0 unspecified atom stereocenters. The number of aryl methyl sites for hydroxylation is 1. The Labute approximate surface area is 146 Å². The number of H-pyrrole nitrogens is 1. The van der Waals surface area contributed by atoms with Gasteiger partial charge in [-0.15, -0.1) is 0 Å². The lowest BCUT2D eigenvalue weighted by atomic mass is 9.87. The maximum Gasteiger partial charge on any atom is 0.161 e. The van der Waals surface area contributed by atoms with Crippen LogP contribution < -0.4 is 0 Å². The first-order valence-electron chi connectivity index (χ1n) is 8.32. The third-order valence-electron chi connectivity index (χ3n) is 3.93. The van der Waals surface area contributed by atoms with E-state index in [2.05, 4.69) is 56.5 Å². The number of aromatic amines is 1. The van der Waals surface area contributed by atoms with Crippen molar-refractivity contribution in [3.8, 4) is 0 Å². The summed E-state index contributed by atoms with van der Waals surface area (Å²) in [5, 5.41) is 0. The molecule has 4 nitrogen and oxygen atoms in total. The zero-order valence-corrected chi connectivity index (χ0v) is 16.5. The van der Waals surface area contributed by atoms with Gasteiger partial charge in [-0.3, -0.25) is 14.8 Å². The smallest absolute Gasteiger partial charge is 0.161 e. The highest BCUT2D eigenvalue weighted by Gasteiger charge is 2.24. The van der Waals surface area contributed by atoms with Crippen LogP contribution in [0, 0.1) is 13.8 Å². The molecule has 0 aliphatic carbocycles. The largest absolute Gasteiger partial charge is 0.361 e. The van der Waals surface area contributed by atoms with E-state index in [4.69, 9.17) is 0 Å². The Balaban J connectivity index is 0.000000254. The highest BCUT2D eigenvalue weighted by molar-refractivity contribution is 5.97. The van der Waals surface area contributed by atoms with Crippen molar-refractivity contribution in [1.29, 1.82) is 0 Å². The Morgan fingerprint density at radius 1 is 1.00 bits per heavy atom. The summed E-state index contributed by atoms with van der Waals surface area (Å²) in [6.45, 7) is 18.4. The summed E-state index contributed by atoms with van der Waals surface area (Å²) >= 11 is 0. The van der Waals surface area contributed by atoms with Crippen molar-refractivity contribution in [2.24, 2.45) is 0 Å². The number of rotatable bonds is 1. The SMILES string of the molecule is CC(=O)c1c(C(C)(C)C)[nH]c(C)c1C.CC(C)(C)c1cnccn1. The van der Waals surface area contributed by atoms with Crippen LogP contribution in [0.1, 0.15) is 81.5 Å². The van der Waals surface area contributed by atoms with Crippen molar-refractivity contribution >= 4 is 5.78 Å². The maximum atomic E-state index is 11.5. The molecule has 1 N–H and O–H groups in total. The molecule has 2 rings (SSSR count). The molecule has 4 heteroatoms. The van der Waals surface area contributed by atoms with E-state index in [1.54, 1.807) is 25.5 Å². The van der Waals surface area contributed by atoms with Crippen LogP contribution in [0.3, 0.4) is 0 Å². The molecule has 132 valence electrons. The molecule has 0 atom stereocenters. The van der Waals surface area contributed by atoms with Crippen LogP contribution in [-0.4, -0.2) is 20.7 Å². The summed E-state index contributed by atoms with van der Waals surface area (Å²) in [5.74, 6) is 0.150. The molecule has 0 saturated carbocycles. The van der Waals surface area contributed by atoms with Crippen LogP contribution in [0.4, 0.5) is 0 Å². The van der Waals surface area contributed by atoms with Crippen LogP contribution >= 0.6 is 0 Å². The van der Waals surface area contributed by atoms with E-state index >= 15 is 0 Å². The summed E-state index contributed by atoms with van der Waals surface area (Å²) in [6, 6.07) is 0. The molecule has 2 aromatic heterocycles. The molecular formula is C20H31N3O. The average molecular weight is 329 g/mol. The normalized spacial score (nSPS) is 11.7. The second-order valence-corrected chi connectivity index (χ2v) is 8.27. The lowest BCUT2D eigenvalue weighted by Gasteiger charge is -2.18. The molecule has 0 aromatic carbocycles. The van der Waals surface area contributed by atoms with Crippen LogP contribution in [0.5, 0.6) is 0 Å². The summed E-state index contributed by atoms with van der Waals surface area (Å²) in [4.78, 5) is 23.0. The molecule has 0 fully saturated rings. The number of Topliss-reactive ketones (excluding diaryl/α,β-unsaturated/α-hetero) is 1. The fourth-order valence-electron chi connectivity index (χ4n) is 2.41. The lowest BCUT2D eigenvalue weighted by Crippen LogP contribution is -2.16. The number of nitrogens with one attached hydrogen (secondary N) is 1. The van der Waals surface area contributed by atoms with Gasteiger partial charge in [-0.2, -0.15) is 0 Å². The van der Waals surface area contributed by atoms with E-state index in [9.17, 15) is 4.79 Å². The van der Waals surface area contributed by atoms with Crippen LogP contribution in [-0.2, 0) is 10.8 Å². The lowest BCUT2D eigenvalue weighted by molar-refractivity contribution is 0.101. The monoisotopic (exact) mass is 329 g/mol. The first-order valence-corrected chi connectivity index (χ1v) is 8.32. The van der Waals surface area contributed by atoms with Gasteiger partial charge in [0.25, 0.3) is 0 Å². The summed E-state index contributed by atoms with van der Waals surface area (Å²) in [6.07, 6.45) is 5.22. The van der Waals surface area contributed by atoms with Gasteiger partial charge in [0.15, 0.2) is 5.78 Å². The molecule has 2 aromatic rings. The summed E-state index contributed by atoms with van der Waals surface area (Å²) in [5.41, 5.74) is 5.27. The van der Waals surface area contributed by atoms with E-state index in [1.807, 2.05) is 13.8 Å². The van der Waals surface area contributed by atoms with Gasteiger partial charge in [0.2, 0.25) is 0 Å². The van der Waals surface area contributed by atoms with Gasteiger partial charge in [-0.25, -0.2) is 0 Å². The zero-order chi connectivity index (χ0) is 18.7. The molecule has 0 radical (unpaired) electrons. The Morgan fingerprint density at radius 3 is 1.88 bits per heavy atom. The summed E-state index contributed by atoms with van der Waals surface area (Å²) in [7, 11) is 0. The van der Waals surface area contributed by atoms with Crippen LogP contribution in [0.15, 0.2) is 18.6 Å². The predicted octanol–water partition coefficient (Wildman–Crippen LogP) is 4.91. The van der Waals surface area contributed by atoms with Crippen molar-refractivity contribution in [1.82, 2.24) is 15.0 Å². The Morgan fingerprint density at radius 2 is 1.58 bits per heavy atom. The van der Waals surface area contributed by atoms with E-state index in [1.165, 1.54) is 0 Å². The topological polar surface area (TPSA) is 58.6 Å². The fraction of sp³-hybridized carbons (Fsp3) is 0.550. The highest BCUT2D eigenvalue weighted by atomic mass is 16.1. The molecular weight excluding hydrogens is 298 g/mol. The van der Waals surface area contributed by atoms with Crippen LogP contribution in [0.2, 0.25) is 0 Å². The molecule has 0 spiro atoms. The highest BCUT2D eigenvalue weighted by Crippen LogP contribution is 2.29. The third-order valence-corrected chi connectivity index (χ3v) is 3.93. The van der Waals surface area contributed by atoms with E-state index < -0.39 is 0 Å². The van der Waals surface area contributed by atoms with E-state index in [-0.39, 0.29) is 16.6 Å². The molecule has 0 amide bonds. The Kier molecular flexibility index (Phi) is 6.09. The minimum Gasteiger partial charge on any atom is -0.361 e. The number of hydrogen-bond donors (Lipinski definition) is 1. The number of carbonyl (C=O) groups is 1. The van der Waals surface area contributed by atoms with Gasteiger partial charge in [0.1, 0.15) is 0 Å². The quantitative estimate of drug-likeness (QED) is 0.757. The maximum absolute atomic E-state index is 11.5. The standard InChI is InChI=1S/C12H19NO.C8H12N2/c1-7-8(2)13-11(12(4,5)6)10(7)9(3)14;1-8(2,3)7-6-9-4-5-10-7/h13H,1-6H3;4-6H,1-3H3. The van der Waals surface area contributed by atoms with Crippen LogP contribution in [0.25, 0.3) is 0 Å². The van der Waals surface area contributed by atoms with Gasteiger partial charge < -0.3 is 4.98 Å². The Hall–Kier alpha value is -1.97. The van der Waals surface area contributed by atoms with Gasteiger partial charge in [0, 0.05) is 46.4 Å². The molecule has 0 aliphatic heterocycles. The van der Waals surface area contributed by atoms with E-state index in [0.717, 1.165) is 28.2 Å². The van der Waals surface area contributed by atoms with Gasteiger partial charge in [-0.1, -0.05) is 41.5 Å². The number of nitrogens with zero attached hydrogens (tertiary/aromatic N) is 2. The molecule has 0 saturated heterocycles. The second-order valence-electron chi connectivity index (χ2n) is 8.27. The second kappa shape index (κ2) is 7.29. The third kappa shape index (κ3) is 5.02. The first kappa shape index (κ1) is 20.1. The van der Waals surface area contributed by atoms with Crippen molar-refractivity contribution in [3.05, 3.63) is 46.8 Å². The molecule has 2 heterocycles. The molecule has 0 aliphatic rings. The zero-order valence-electron chi connectivity index (χ0n) is 16.5. The van der Waals surface area contributed by atoms with Crippen molar-refractivity contribution in [3.63, 3.8) is 0 Å².